The number of hydrogen-bond acceptors (Lipinski definition) is 2. The summed E-state index contributed by atoms with van der Waals surface area (Å²) < 4.78 is 0. The molecule has 2 rings (SSSR count). The van der Waals surface area contributed by atoms with Crippen molar-refractivity contribution < 1.29 is 4.79 Å². The Morgan fingerprint density at radius 3 is 2.80 bits per heavy atom. The molecule has 0 bridgehead atoms. The van der Waals surface area contributed by atoms with Gasteiger partial charge < -0.3 is 10.2 Å². The Labute approximate surface area is 90.1 Å². The second-order valence-corrected chi connectivity index (χ2v) is 4.24. The molecule has 0 spiro atoms. The van der Waals surface area contributed by atoms with Gasteiger partial charge in [-0.1, -0.05) is 12.1 Å². The summed E-state index contributed by atoms with van der Waals surface area (Å²) in [5, 5.41) is 2.93. The van der Waals surface area contributed by atoms with E-state index in [9.17, 15) is 4.79 Å². The molecule has 1 aromatic rings. The summed E-state index contributed by atoms with van der Waals surface area (Å²) in [6.07, 6.45) is 0. The number of amides is 1. The van der Waals surface area contributed by atoms with Gasteiger partial charge in [0.1, 0.15) is 0 Å². The van der Waals surface area contributed by atoms with E-state index in [0.29, 0.717) is 12.6 Å². The fourth-order valence-corrected chi connectivity index (χ4v) is 1.93. The molecule has 0 saturated carbocycles. The van der Waals surface area contributed by atoms with Gasteiger partial charge in [0.15, 0.2) is 0 Å². The minimum Gasteiger partial charge on any atom is -0.358 e. The van der Waals surface area contributed by atoms with Crippen LogP contribution >= 0.6 is 0 Å². The minimum absolute atomic E-state index is 0.0745. The van der Waals surface area contributed by atoms with Crippen LogP contribution in [0.3, 0.4) is 0 Å². The second kappa shape index (κ2) is 3.57. The van der Waals surface area contributed by atoms with Crippen LogP contribution in [-0.2, 0) is 4.79 Å². The molecule has 0 atom stereocenters. The Hall–Kier alpha value is -1.51. The van der Waals surface area contributed by atoms with Crippen LogP contribution in [0, 0.1) is 6.92 Å². The van der Waals surface area contributed by atoms with Gasteiger partial charge in [-0.05, 0) is 32.4 Å². The maximum absolute atomic E-state index is 11.5. The van der Waals surface area contributed by atoms with E-state index in [0.717, 1.165) is 16.9 Å². The van der Waals surface area contributed by atoms with E-state index < -0.39 is 0 Å². The SMILES string of the molecule is Cc1cccc2c1NC(=O)CN2C(C)C. The van der Waals surface area contributed by atoms with E-state index in [2.05, 4.69) is 30.1 Å². The van der Waals surface area contributed by atoms with E-state index in [-0.39, 0.29) is 5.91 Å². The first kappa shape index (κ1) is 10.0. The third kappa shape index (κ3) is 1.69. The van der Waals surface area contributed by atoms with Gasteiger partial charge in [-0.25, -0.2) is 0 Å². The summed E-state index contributed by atoms with van der Waals surface area (Å²) in [5.74, 6) is 0.0745. The minimum atomic E-state index is 0.0745. The van der Waals surface area contributed by atoms with E-state index in [4.69, 9.17) is 0 Å². The highest BCUT2D eigenvalue weighted by molar-refractivity contribution is 6.02. The molecule has 0 aromatic heterocycles. The molecule has 0 unspecified atom stereocenters. The van der Waals surface area contributed by atoms with Crippen molar-refractivity contribution in [2.45, 2.75) is 26.8 Å². The molecular formula is C12H16N2O. The monoisotopic (exact) mass is 204 g/mol. The fourth-order valence-electron chi connectivity index (χ4n) is 1.93. The number of nitrogens with one attached hydrogen (secondary N) is 1. The van der Waals surface area contributed by atoms with Crippen LogP contribution in [0.5, 0.6) is 0 Å². The van der Waals surface area contributed by atoms with Crippen LogP contribution in [0.4, 0.5) is 11.4 Å². The first-order valence-corrected chi connectivity index (χ1v) is 5.25. The van der Waals surface area contributed by atoms with E-state index in [1.807, 2.05) is 19.1 Å². The van der Waals surface area contributed by atoms with Crippen molar-refractivity contribution >= 4 is 17.3 Å². The number of rotatable bonds is 1. The molecule has 1 amide bonds. The van der Waals surface area contributed by atoms with Crippen LogP contribution in [0.1, 0.15) is 19.4 Å². The molecule has 1 heterocycles. The van der Waals surface area contributed by atoms with Gasteiger partial charge in [0.25, 0.3) is 0 Å². The van der Waals surface area contributed by atoms with Gasteiger partial charge >= 0.3 is 0 Å². The van der Waals surface area contributed by atoms with Crippen molar-refractivity contribution in [1.82, 2.24) is 0 Å². The van der Waals surface area contributed by atoms with Crippen molar-refractivity contribution in [3.8, 4) is 0 Å². The Bertz CT molecular complexity index is 399. The van der Waals surface area contributed by atoms with Gasteiger partial charge in [0.05, 0.1) is 17.9 Å². The first-order chi connectivity index (χ1) is 7.09. The molecule has 1 aromatic carbocycles. The van der Waals surface area contributed by atoms with Crippen LogP contribution in [0.15, 0.2) is 18.2 Å². The van der Waals surface area contributed by atoms with Crippen LogP contribution < -0.4 is 10.2 Å². The number of para-hydroxylation sites is 1. The molecule has 1 aliphatic rings. The van der Waals surface area contributed by atoms with E-state index >= 15 is 0 Å². The number of fused-ring (bicyclic) bond motifs is 1. The lowest BCUT2D eigenvalue weighted by Crippen LogP contribution is -2.42. The third-order valence-electron chi connectivity index (χ3n) is 2.76. The zero-order valence-corrected chi connectivity index (χ0v) is 9.37. The Morgan fingerprint density at radius 1 is 1.40 bits per heavy atom. The third-order valence-corrected chi connectivity index (χ3v) is 2.76. The molecule has 1 N–H and O–H groups in total. The molecule has 15 heavy (non-hydrogen) atoms. The lowest BCUT2D eigenvalue weighted by atomic mass is 10.1. The summed E-state index contributed by atoms with van der Waals surface area (Å²) >= 11 is 0. The average molecular weight is 204 g/mol. The zero-order valence-electron chi connectivity index (χ0n) is 9.37. The van der Waals surface area contributed by atoms with Gasteiger partial charge in [-0.3, -0.25) is 4.79 Å². The van der Waals surface area contributed by atoms with Crippen molar-refractivity contribution in [3.63, 3.8) is 0 Å². The maximum atomic E-state index is 11.5. The molecule has 3 nitrogen and oxygen atoms in total. The summed E-state index contributed by atoms with van der Waals surface area (Å²) in [6, 6.07) is 6.45. The number of benzene rings is 1. The highest BCUT2D eigenvalue weighted by atomic mass is 16.2. The number of carbonyl (C=O) groups is 1. The topological polar surface area (TPSA) is 32.3 Å². The molecule has 0 fully saturated rings. The summed E-state index contributed by atoms with van der Waals surface area (Å²) in [5.41, 5.74) is 3.21. The van der Waals surface area contributed by atoms with Gasteiger partial charge in [-0.2, -0.15) is 0 Å². The average Bonchev–Trinajstić information content (AvgIpc) is 2.18. The standard InChI is InChI=1S/C12H16N2O/c1-8(2)14-7-11(15)13-12-9(3)5-4-6-10(12)14/h4-6,8H,7H2,1-3H3,(H,13,15). The normalized spacial score (nSPS) is 15.2. The largest absolute Gasteiger partial charge is 0.358 e. The number of carbonyl (C=O) groups excluding carboxylic acids is 1. The number of hydrogen-bond donors (Lipinski definition) is 1. The first-order valence-electron chi connectivity index (χ1n) is 5.25. The Morgan fingerprint density at radius 2 is 2.13 bits per heavy atom. The van der Waals surface area contributed by atoms with Crippen molar-refractivity contribution in [2.24, 2.45) is 0 Å². The second-order valence-electron chi connectivity index (χ2n) is 4.24. The predicted octanol–water partition coefficient (Wildman–Crippen LogP) is 2.16. The summed E-state index contributed by atoms with van der Waals surface area (Å²) in [7, 11) is 0. The van der Waals surface area contributed by atoms with E-state index in [1.165, 1.54) is 0 Å². The van der Waals surface area contributed by atoms with Gasteiger partial charge in [0.2, 0.25) is 5.91 Å². The van der Waals surface area contributed by atoms with Crippen molar-refractivity contribution in [2.75, 3.05) is 16.8 Å². The van der Waals surface area contributed by atoms with Gasteiger partial charge in [0, 0.05) is 6.04 Å². The Balaban J connectivity index is 2.51. The smallest absolute Gasteiger partial charge is 0.243 e. The molecule has 0 aliphatic carbocycles. The number of nitrogens with zero attached hydrogens (tertiary/aromatic N) is 1. The van der Waals surface area contributed by atoms with Crippen LogP contribution in [0.25, 0.3) is 0 Å². The highest BCUT2D eigenvalue weighted by Crippen LogP contribution is 2.33. The number of aryl methyl sites for hydroxylation is 1. The molecule has 0 saturated heterocycles. The molecule has 0 radical (unpaired) electrons. The van der Waals surface area contributed by atoms with E-state index in [1.54, 1.807) is 0 Å². The quantitative estimate of drug-likeness (QED) is 0.760. The molecule has 1 aliphatic heterocycles. The molecular weight excluding hydrogens is 188 g/mol. The Kier molecular flexibility index (Phi) is 2.39. The number of anilines is 2. The molecule has 3 heteroatoms. The van der Waals surface area contributed by atoms with Crippen LogP contribution in [-0.4, -0.2) is 18.5 Å². The lowest BCUT2D eigenvalue weighted by Gasteiger charge is -2.34. The van der Waals surface area contributed by atoms with Crippen LogP contribution in [0.2, 0.25) is 0 Å². The fraction of sp³-hybridized carbons (Fsp3) is 0.417. The highest BCUT2D eigenvalue weighted by Gasteiger charge is 2.24. The van der Waals surface area contributed by atoms with Crippen molar-refractivity contribution in [3.05, 3.63) is 23.8 Å². The zero-order chi connectivity index (χ0) is 11.0. The summed E-state index contributed by atoms with van der Waals surface area (Å²) in [6.45, 7) is 6.67. The molecule has 80 valence electrons. The van der Waals surface area contributed by atoms with Crippen molar-refractivity contribution in [1.29, 1.82) is 0 Å². The summed E-state index contributed by atoms with van der Waals surface area (Å²) in [4.78, 5) is 13.7. The predicted molar refractivity (Wildman–Crippen MR) is 62.3 cm³/mol. The van der Waals surface area contributed by atoms with Gasteiger partial charge in [-0.15, -0.1) is 0 Å². The lowest BCUT2D eigenvalue weighted by molar-refractivity contribution is -0.115. The maximum Gasteiger partial charge on any atom is 0.243 e.